The number of phenolic OH excluding ortho intramolecular Hbond substituents is 1. The van der Waals surface area contributed by atoms with E-state index in [1.807, 2.05) is 0 Å². The lowest BCUT2D eigenvalue weighted by Gasteiger charge is -2.38. The number of halogens is 2. The maximum Gasteiger partial charge on any atom is 0.232 e. The lowest BCUT2D eigenvalue weighted by molar-refractivity contribution is -0.119. The predicted molar refractivity (Wildman–Crippen MR) is 105 cm³/mol. The first kappa shape index (κ1) is 18.1. The highest BCUT2D eigenvalue weighted by Gasteiger charge is 2.39. The Morgan fingerprint density at radius 1 is 0.963 bits per heavy atom. The van der Waals surface area contributed by atoms with Crippen LogP contribution in [0.25, 0.3) is 0 Å². The van der Waals surface area contributed by atoms with Gasteiger partial charge in [-0.1, -0.05) is 35.3 Å². The highest BCUT2D eigenvalue weighted by Crippen LogP contribution is 2.44. The Labute approximate surface area is 167 Å². The molecular formula is C21H17Cl2NO3. The van der Waals surface area contributed by atoms with E-state index in [4.69, 9.17) is 23.2 Å². The molecule has 0 bridgehead atoms. The number of benzene rings is 2. The molecule has 2 aliphatic rings. The summed E-state index contributed by atoms with van der Waals surface area (Å²) < 4.78 is 0. The molecule has 0 saturated carbocycles. The molecule has 6 heteroatoms. The smallest absolute Gasteiger partial charge is 0.232 e. The van der Waals surface area contributed by atoms with Crippen molar-refractivity contribution in [2.75, 3.05) is 4.90 Å². The fraction of sp³-hybridized carbons (Fsp3) is 0.238. The van der Waals surface area contributed by atoms with Gasteiger partial charge in [0.2, 0.25) is 5.91 Å². The molecule has 2 aromatic carbocycles. The molecule has 0 radical (unpaired) electrons. The van der Waals surface area contributed by atoms with Crippen LogP contribution < -0.4 is 4.90 Å². The number of rotatable bonds is 2. The molecule has 0 spiro atoms. The van der Waals surface area contributed by atoms with Crippen LogP contribution in [0.3, 0.4) is 0 Å². The largest absolute Gasteiger partial charge is 0.508 e. The van der Waals surface area contributed by atoms with E-state index in [-0.39, 0.29) is 29.8 Å². The maximum atomic E-state index is 13.1. The van der Waals surface area contributed by atoms with Crippen LogP contribution in [0, 0.1) is 0 Å². The monoisotopic (exact) mass is 401 g/mol. The number of nitrogens with zero attached hydrogens (tertiary/aromatic N) is 1. The molecule has 27 heavy (non-hydrogen) atoms. The Morgan fingerprint density at radius 3 is 2.30 bits per heavy atom. The highest BCUT2D eigenvalue weighted by molar-refractivity contribution is 6.35. The van der Waals surface area contributed by atoms with Crippen LogP contribution in [0.15, 0.2) is 53.7 Å². The van der Waals surface area contributed by atoms with Crippen molar-refractivity contribution in [3.8, 4) is 5.75 Å². The number of anilines is 1. The van der Waals surface area contributed by atoms with Gasteiger partial charge in [0.15, 0.2) is 5.78 Å². The Hall–Kier alpha value is -2.30. The van der Waals surface area contributed by atoms with Gasteiger partial charge >= 0.3 is 0 Å². The summed E-state index contributed by atoms with van der Waals surface area (Å²) in [6.45, 7) is 0. The van der Waals surface area contributed by atoms with Gasteiger partial charge in [0, 0.05) is 40.1 Å². The summed E-state index contributed by atoms with van der Waals surface area (Å²) in [6, 6.07) is 11.7. The fourth-order valence-electron chi connectivity index (χ4n) is 3.95. The third kappa shape index (κ3) is 3.35. The molecule has 2 aromatic rings. The molecule has 1 heterocycles. The van der Waals surface area contributed by atoms with Crippen LogP contribution in [0.1, 0.15) is 37.2 Å². The Morgan fingerprint density at radius 2 is 1.63 bits per heavy atom. The average molecular weight is 402 g/mol. The molecule has 138 valence electrons. The van der Waals surface area contributed by atoms with Gasteiger partial charge in [-0.2, -0.15) is 0 Å². The lowest BCUT2D eigenvalue weighted by Crippen LogP contribution is -2.40. The summed E-state index contributed by atoms with van der Waals surface area (Å²) in [5.41, 5.74) is 2.86. The third-order valence-corrected chi connectivity index (χ3v) is 5.51. The van der Waals surface area contributed by atoms with Crippen LogP contribution in [-0.4, -0.2) is 16.8 Å². The van der Waals surface area contributed by atoms with Gasteiger partial charge in [-0.3, -0.25) is 14.5 Å². The molecule has 4 rings (SSSR count). The minimum atomic E-state index is -0.299. The normalized spacial score (nSPS) is 20.1. The van der Waals surface area contributed by atoms with Gasteiger partial charge < -0.3 is 5.11 Å². The second-order valence-corrected chi connectivity index (χ2v) is 7.72. The highest BCUT2D eigenvalue weighted by atomic mass is 35.5. The molecule has 1 aliphatic heterocycles. The SMILES string of the molecule is O=C1CCCC2=C1C(c1ccc(O)cc1)CC(=O)N2c1cc(Cl)cc(Cl)c1. The summed E-state index contributed by atoms with van der Waals surface area (Å²) >= 11 is 12.3. The van der Waals surface area contributed by atoms with Gasteiger partial charge in [-0.05, 0) is 48.7 Å². The van der Waals surface area contributed by atoms with Crippen molar-refractivity contribution < 1.29 is 14.7 Å². The first-order valence-corrected chi connectivity index (χ1v) is 9.54. The summed E-state index contributed by atoms with van der Waals surface area (Å²) in [5, 5.41) is 10.4. The summed E-state index contributed by atoms with van der Waals surface area (Å²) in [6.07, 6.45) is 2.01. The van der Waals surface area contributed by atoms with E-state index in [0.29, 0.717) is 40.6 Å². The molecule has 1 aliphatic carbocycles. The van der Waals surface area contributed by atoms with E-state index in [2.05, 4.69) is 0 Å². The number of carbonyl (C=O) groups excluding carboxylic acids is 2. The number of phenols is 1. The lowest BCUT2D eigenvalue weighted by atomic mass is 9.77. The molecule has 1 N–H and O–H groups in total. The number of Topliss-reactive ketones (excluding diaryl/α,β-unsaturated/α-hetero) is 1. The minimum Gasteiger partial charge on any atom is -0.508 e. The zero-order chi connectivity index (χ0) is 19.1. The minimum absolute atomic E-state index is 0.0694. The fourth-order valence-corrected chi connectivity index (χ4v) is 4.47. The number of allylic oxidation sites excluding steroid dienone is 2. The van der Waals surface area contributed by atoms with Gasteiger partial charge in [0.1, 0.15) is 5.75 Å². The molecule has 4 nitrogen and oxygen atoms in total. The van der Waals surface area contributed by atoms with Crippen molar-refractivity contribution in [1.82, 2.24) is 0 Å². The quantitative estimate of drug-likeness (QED) is 0.749. The first-order chi connectivity index (χ1) is 12.9. The van der Waals surface area contributed by atoms with E-state index in [1.165, 1.54) is 0 Å². The standard InChI is InChI=1S/C21H17Cl2NO3/c22-13-8-14(23)10-15(9-13)24-18-2-1-3-19(26)21(18)17(11-20(24)27)12-4-6-16(25)7-5-12/h4-10,17,25H,1-3,11H2. The third-order valence-electron chi connectivity index (χ3n) is 5.08. The van der Waals surface area contributed by atoms with E-state index in [0.717, 1.165) is 11.3 Å². The van der Waals surface area contributed by atoms with Crippen LogP contribution >= 0.6 is 23.2 Å². The number of amides is 1. The van der Waals surface area contributed by atoms with Gasteiger partial charge in [0.05, 0.1) is 5.69 Å². The van der Waals surface area contributed by atoms with Crippen LogP contribution in [-0.2, 0) is 9.59 Å². The second kappa shape index (κ2) is 7.02. The van der Waals surface area contributed by atoms with Crippen molar-refractivity contribution >= 4 is 40.6 Å². The van der Waals surface area contributed by atoms with E-state index in [9.17, 15) is 14.7 Å². The second-order valence-electron chi connectivity index (χ2n) is 6.84. The Balaban J connectivity index is 1.86. The van der Waals surface area contributed by atoms with E-state index >= 15 is 0 Å². The van der Waals surface area contributed by atoms with Crippen molar-refractivity contribution in [3.05, 3.63) is 69.3 Å². The number of hydrogen-bond donors (Lipinski definition) is 1. The van der Waals surface area contributed by atoms with Crippen molar-refractivity contribution in [3.63, 3.8) is 0 Å². The molecule has 1 unspecified atom stereocenters. The maximum absolute atomic E-state index is 13.1. The zero-order valence-corrected chi connectivity index (χ0v) is 15.9. The van der Waals surface area contributed by atoms with Crippen molar-refractivity contribution in [2.24, 2.45) is 0 Å². The van der Waals surface area contributed by atoms with Gasteiger partial charge in [0.25, 0.3) is 0 Å². The average Bonchev–Trinajstić information content (AvgIpc) is 2.61. The first-order valence-electron chi connectivity index (χ1n) is 8.78. The number of ketones is 1. The predicted octanol–water partition coefficient (Wildman–Crippen LogP) is 5.23. The topological polar surface area (TPSA) is 57.6 Å². The number of hydrogen-bond acceptors (Lipinski definition) is 3. The van der Waals surface area contributed by atoms with Crippen LogP contribution in [0.5, 0.6) is 5.75 Å². The van der Waals surface area contributed by atoms with E-state index in [1.54, 1.807) is 47.4 Å². The van der Waals surface area contributed by atoms with E-state index < -0.39 is 0 Å². The number of aromatic hydroxyl groups is 1. The van der Waals surface area contributed by atoms with Gasteiger partial charge in [-0.25, -0.2) is 0 Å². The van der Waals surface area contributed by atoms with Crippen LogP contribution in [0.4, 0.5) is 5.69 Å². The van der Waals surface area contributed by atoms with Gasteiger partial charge in [-0.15, -0.1) is 0 Å². The Kier molecular flexibility index (Phi) is 4.70. The van der Waals surface area contributed by atoms with Crippen molar-refractivity contribution in [1.29, 1.82) is 0 Å². The molecular weight excluding hydrogens is 385 g/mol. The molecule has 1 amide bonds. The molecule has 0 fully saturated rings. The molecule has 0 aromatic heterocycles. The van der Waals surface area contributed by atoms with Crippen molar-refractivity contribution in [2.45, 2.75) is 31.6 Å². The Bertz CT molecular complexity index is 946. The number of carbonyl (C=O) groups is 2. The molecule has 0 saturated heterocycles. The summed E-state index contributed by atoms with van der Waals surface area (Å²) in [7, 11) is 0. The van der Waals surface area contributed by atoms with Crippen LogP contribution in [0.2, 0.25) is 10.0 Å². The zero-order valence-electron chi connectivity index (χ0n) is 14.4. The molecule has 1 atom stereocenters. The summed E-state index contributed by atoms with van der Waals surface area (Å²) in [5.74, 6) is -0.174. The summed E-state index contributed by atoms with van der Waals surface area (Å²) in [4.78, 5) is 27.5.